The lowest BCUT2D eigenvalue weighted by atomic mass is 9.96. The van der Waals surface area contributed by atoms with Crippen molar-refractivity contribution < 1.29 is 18.1 Å². The van der Waals surface area contributed by atoms with Crippen molar-refractivity contribution in [2.24, 2.45) is 5.92 Å². The molecular formula is C8H15F3N+. The summed E-state index contributed by atoms with van der Waals surface area (Å²) in [6, 6.07) is 0. The van der Waals surface area contributed by atoms with Crippen LogP contribution in [0.4, 0.5) is 13.2 Å². The van der Waals surface area contributed by atoms with Gasteiger partial charge in [0.05, 0.1) is 25.6 Å². The molecule has 0 aromatic heterocycles. The fraction of sp³-hybridized carbons (Fsp3) is 1.00. The summed E-state index contributed by atoms with van der Waals surface area (Å²) in [5.41, 5.74) is 0. The Morgan fingerprint density at radius 3 is 2.08 bits per heavy atom. The number of quaternary nitrogens is 1. The maximum absolute atomic E-state index is 12.2. The summed E-state index contributed by atoms with van der Waals surface area (Å²) in [5, 5.41) is 0. The molecule has 1 aliphatic rings. The highest BCUT2D eigenvalue weighted by atomic mass is 19.4. The van der Waals surface area contributed by atoms with Crippen LogP contribution in [0.15, 0.2) is 0 Å². The number of alkyl halides is 3. The molecule has 1 heterocycles. The monoisotopic (exact) mass is 182 g/mol. The number of likely N-dealkylation sites (tertiary alicyclic amines) is 1. The summed E-state index contributed by atoms with van der Waals surface area (Å²) in [7, 11) is 0. The molecule has 0 bridgehead atoms. The van der Waals surface area contributed by atoms with Gasteiger partial charge in [0.15, 0.2) is 0 Å². The molecule has 1 aliphatic heterocycles. The van der Waals surface area contributed by atoms with Crippen molar-refractivity contribution in [1.29, 1.82) is 0 Å². The quantitative estimate of drug-likeness (QED) is 0.613. The average Bonchev–Trinajstić information content (AvgIpc) is 2.03. The van der Waals surface area contributed by atoms with Crippen molar-refractivity contribution in [2.75, 3.05) is 19.6 Å². The minimum absolute atomic E-state index is 0.312. The lowest BCUT2D eigenvalue weighted by Crippen LogP contribution is -3.12. The summed E-state index contributed by atoms with van der Waals surface area (Å²) < 4.78 is 36.5. The molecule has 0 aromatic carbocycles. The molecule has 4 heteroatoms. The normalized spacial score (nSPS) is 32.0. The third-order valence-electron chi connectivity index (χ3n) is 2.66. The molecule has 0 spiro atoms. The molecule has 1 saturated heterocycles. The third kappa shape index (κ3) is 2.37. The van der Waals surface area contributed by atoms with Gasteiger partial charge in [0, 0.05) is 12.8 Å². The Labute approximate surface area is 70.5 Å². The van der Waals surface area contributed by atoms with Crippen molar-refractivity contribution in [3.05, 3.63) is 0 Å². The zero-order chi connectivity index (χ0) is 9.19. The molecule has 12 heavy (non-hydrogen) atoms. The molecule has 0 atom stereocenters. The smallest absolute Gasteiger partial charge is 0.335 e. The topological polar surface area (TPSA) is 4.44 Å². The number of halogens is 3. The first-order valence-electron chi connectivity index (χ1n) is 4.44. The van der Waals surface area contributed by atoms with Crippen molar-refractivity contribution in [3.8, 4) is 0 Å². The zero-order valence-electron chi connectivity index (χ0n) is 7.25. The van der Waals surface area contributed by atoms with Crippen LogP contribution in [0.1, 0.15) is 19.8 Å². The van der Waals surface area contributed by atoms with E-state index in [1.807, 2.05) is 6.92 Å². The highest BCUT2D eigenvalue weighted by molar-refractivity contribution is 4.69. The van der Waals surface area contributed by atoms with Crippen LogP contribution in [0.3, 0.4) is 0 Å². The van der Waals surface area contributed by atoms with Crippen LogP contribution in [-0.4, -0.2) is 25.8 Å². The van der Waals surface area contributed by atoms with Gasteiger partial charge in [-0.2, -0.15) is 13.2 Å². The van der Waals surface area contributed by atoms with E-state index in [1.54, 1.807) is 0 Å². The Kier molecular flexibility index (Phi) is 2.99. The van der Waals surface area contributed by atoms with E-state index >= 15 is 0 Å². The van der Waals surface area contributed by atoms with Gasteiger partial charge < -0.3 is 4.90 Å². The van der Waals surface area contributed by atoms with E-state index < -0.39 is 12.1 Å². The Morgan fingerprint density at radius 2 is 1.75 bits per heavy atom. The van der Waals surface area contributed by atoms with Crippen molar-refractivity contribution in [1.82, 2.24) is 0 Å². The van der Waals surface area contributed by atoms with Gasteiger partial charge in [-0.3, -0.25) is 0 Å². The van der Waals surface area contributed by atoms with Crippen LogP contribution < -0.4 is 4.90 Å². The number of nitrogens with one attached hydrogen (secondary N) is 1. The van der Waals surface area contributed by atoms with Crippen molar-refractivity contribution >= 4 is 0 Å². The first-order valence-corrected chi connectivity index (χ1v) is 4.44. The van der Waals surface area contributed by atoms with E-state index in [2.05, 4.69) is 0 Å². The molecular weight excluding hydrogens is 167 g/mol. The summed E-state index contributed by atoms with van der Waals surface area (Å²) in [6.07, 6.45) is -3.33. The lowest BCUT2D eigenvalue weighted by molar-refractivity contribution is -0.905. The van der Waals surface area contributed by atoms with Gasteiger partial charge in [0.2, 0.25) is 0 Å². The SMILES string of the molecule is CC[NH+]1CCC(C(F)(F)F)CC1. The van der Waals surface area contributed by atoms with Crippen molar-refractivity contribution in [3.63, 3.8) is 0 Å². The number of rotatable bonds is 1. The van der Waals surface area contributed by atoms with E-state index in [4.69, 9.17) is 0 Å². The minimum atomic E-state index is -3.96. The number of hydrogen-bond acceptors (Lipinski definition) is 0. The number of hydrogen-bond donors (Lipinski definition) is 1. The number of piperidine rings is 1. The van der Waals surface area contributed by atoms with Gasteiger partial charge in [-0.05, 0) is 6.92 Å². The fourth-order valence-electron chi connectivity index (χ4n) is 1.71. The summed E-state index contributed by atoms with van der Waals surface area (Å²) in [6.45, 7) is 4.33. The minimum Gasteiger partial charge on any atom is -0.335 e. The van der Waals surface area contributed by atoms with E-state index in [9.17, 15) is 13.2 Å². The molecule has 0 unspecified atom stereocenters. The van der Waals surface area contributed by atoms with E-state index in [1.165, 1.54) is 4.90 Å². The highest BCUT2D eigenvalue weighted by Gasteiger charge is 2.42. The standard InChI is InChI=1S/C8H14F3N/c1-2-12-5-3-7(4-6-12)8(9,10)11/h7H,2-6H2,1H3/p+1. The Morgan fingerprint density at radius 1 is 1.25 bits per heavy atom. The summed E-state index contributed by atoms with van der Waals surface area (Å²) in [4.78, 5) is 1.30. The molecule has 1 nitrogen and oxygen atoms in total. The van der Waals surface area contributed by atoms with Crippen LogP contribution in [0, 0.1) is 5.92 Å². The maximum atomic E-state index is 12.2. The summed E-state index contributed by atoms with van der Waals surface area (Å²) in [5.74, 6) is -1.03. The second-order valence-electron chi connectivity index (χ2n) is 3.42. The molecule has 0 radical (unpaired) electrons. The molecule has 0 aliphatic carbocycles. The fourth-order valence-corrected chi connectivity index (χ4v) is 1.71. The second kappa shape index (κ2) is 3.64. The van der Waals surface area contributed by atoms with Gasteiger partial charge in [-0.15, -0.1) is 0 Å². The predicted octanol–water partition coefficient (Wildman–Crippen LogP) is 0.863. The molecule has 0 amide bonds. The van der Waals surface area contributed by atoms with Crippen molar-refractivity contribution in [2.45, 2.75) is 25.9 Å². The molecule has 0 aromatic rings. The molecule has 1 N–H and O–H groups in total. The van der Waals surface area contributed by atoms with Crippen LogP contribution >= 0.6 is 0 Å². The Balaban J connectivity index is 2.36. The molecule has 72 valence electrons. The van der Waals surface area contributed by atoms with Gasteiger partial charge in [0.1, 0.15) is 0 Å². The van der Waals surface area contributed by atoms with Crippen LogP contribution in [0.5, 0.6) is 0 Å². The Hall–Kier alpha value is -0.250. The largest absolute Gasteiger partial charge is 0.392 e. The summed E-state index contributed by atoms with van der Waals surface area (Å²) >= 11 is 0. The lowest BCUT2D eigenvalue weighted by Gasteiger charge is -2.29. The van der Waals surface area contributed by atoms with E-state index in [0.717, 1.165) is 6.54 Å². The molecule has 1 fully saturated rings. The van der Waals surface area contributed by atoms with Gasteiger partial charge in [0.25, 0.3) is 0 Å². The Bertz CT molecular complexity index is 136. The first-order chi connectivity index (χ1) is 5.54. The van der Waals surface area contributed by atoms with E-state index in [0.29, 0.717) is 25.9 Å². The third-order valence-corrected chi connectivity index (χ3v) is 2.66. The van der Waals surface area contributed by atoms with Crippen LogP contribution in [0.25, 0.3) is 0 Å². The molecule has 0 saturated carbocycles. The van der Waals surface area contributed by atoms with Gasteiger partial charge in [-0.25, -0.2) is 0 Å². The van der Waals surface area contributed by atoms with Crippen LogP contribution in [-0.2, 0) is 0 Å². The van der Waals surface area contributed by atoms with Gasteiger partial charge in [-0.1, -0.05) is 0 Å². The molecule has 1 rings (SSSR count). The van der Waals surface area contributed by atoms with E-state index in [-0.39, 0.29) is 0 Å². The maximum Gasteiger partial charge on any atom is 0.392 e. The predicted molar refractivity (Wildman–Crippen MR) is 40.0 cm³/mol. The first kappa shape index (κ1) is 9.84. The average molecular weight is 182 g/mol. The zero-order valence-corrected chi connectivity index (χ0v) is 7.25. The van der Waals surface area contributed by atoms with Crippen LogP contribution in [0.2, 0.25) is 0 Å². The second-order valence-corrected chi connectivity index (χ2v) is 3.42. The highest BCUT2D eigenvalue weighted by Crippen LogP contribution is 2.31. The van der Waals surface area contributed by atoms with Gasteiger partial charge >= 0.3 is 6.18 Å².